The monoisotopic (exact) mass is 266 g/mol. The van der Waals surface area contributed by atoms with Gasteiger partial charge in [0, 0.05) is 12.6 Å². The van der Waals surface area contributed by atoms with Crippen LogP contribution in [0, 0.1) is 11.2 Å². The van der Waals surface area contributed by atoms with Crippen LogP contribution >= 0.6 is 0 Å². The highest BCUT2D eigenvalue weighted by Gasteiger charge is 2.44. The number of rotatable bonds is 4. The lowest BCUT2D eigenvalue weighted by Crippen LogP contribution is -2.50. The van der Waals surface area contributed by atoms with E-state index in [0.717, 1.165) is 5.56 Å². The molecule has 2 unspecified atom stereocenters. The molecule has 0 saturated carbocycles. The molecule has 4 nitrogen and oxygen atoms in total. The van der Waals surface area contributed by atoms with Crippen molar-refractivity contribution in [1.29, 1.82) is 0 Å². The van der Waals surface area contributed by atoms with Gasteiger partial charge in [-0.1, -0.05) is 12.1 Å². The van der Waals surface area contributed by atoms with E-state index < -0.39 is 5.41 Å². The number of nitrogens with two attached hydrogens (primary N) is 1. The molecule has 2 atom stereocenters. The summed E-state index contributed by atoms with van der Waals surface area (Å²) in [5.41, 5.74) is 6.22. The fourth-order valence-corrected chi connectivity index (χ4v) is 2.10. The van der Waals surface area contributed by atoms with E-state index in [1.807, 2.05) is 6.92 Å². The van der Waals surface area contributed by atoms with Gasteiger partial charge in [-0.15, -0.1) is 0 Å². The predicted octanol–water partition coefficient (Wildman–Crippen LogP) is 0.848. The van der Waals surface area contributed by atoms with Gasteiger partial charge in [-0.25, -0.2) is 4.39 Å². The summed E-state index contributed by atoms with van der Waals surface area (Å²) in [5.74, 6) is -0.339. The maximum atomic E-state index is 12.7. The zero-order valence-electron chi connectivity index (χ0n) is 11.0. The number of benzene rings is 1. The Kier molecular flexibility index (Phi) is 4.17. The summed E-state index contributed by atoms with van der Waals surface area (Å²) in [4.78, 5) is 12.1. The first kappa shape index (κ1) is 14.0. The Morgan fingerprint density at radius 1 is 1.53 bits per heavy atom. The largest absolute Gasteiger partial charge is 0.379 e. The van der Waals surface area contributed by atoms with Gasteiger partial charge in [0.05, 0.1) is 18.6 Å². The number of carbonyl (C=O) groups excluding carboxylic acids is 1. The van der Waals surface area contributed by atoms with Crippen LogP contribution in [0.15, 0.2) is 24.3 Å². The van der Waals surface area contributed by atoms with Gasteiger partial charge < -0.3 is 15.8 Å². The third-order valence-corrected chi connectivity index (χ3v) is 3.65. The van der Waals surface area contributed by atoms with Crippen molar-refractivity contribution in [2.24, 2.45) is 11.1 Å². The maximum absolute atomic E-state index is 12.7. The Bertz CT molecular complexity index is 449. The van der Waals surface area contributed by atoms with Gasteiger partial charge in [-0.3, -0.25) is 4.79 Å². The number of ether oxygens (including phenoxy) is 1. The highest BCUT2D eigenvalue weighted by molar-refractivity contribution is 5.83. The van der Waals surface area contributed by atoms with Crippen LogP contribution in [-0.2, 0) is 16.0 Å². The Balaban J connectivity index is 1.82. The summed E-state index contributed by atoms with van der Waals surface area (Å²) in [5, 5.41) is 2.87. The molecule has 0 radical (unpaired) electrons. The van der Waals surface area contributed by atoms with Gasteiger partial charge in [0.25, 0.3) is 0 Å². The quantitative estimate of drug-likeness (QED) is 0.849. The number of amides is 1. The Morgan fingerprint density at radius 2 is 2.21 bits per heavy atom. The predicted molar refractivity (Wildman–Crippen MR) is 70.0 cm³/mol. The molecule has 3 N–H and O–H groups in total. The molecule has 0 aromatic heterocycles. The topological polar surface area (TPSA) is 64.3 Å². The number of halogens is 1. The van der Waals surface area contributed by atoms with E-state index in [1.54, 1.807) is 12.1 Å². The Morgan fingerprint density at radius 3 is 2.79 bits per heavy atom. The summed E-state index contributed by atoms with van der Waals surface area (Å²) in [6.45, 7) is 3.10. The van der Waals surface area contributed by atoms with E-state index >= 15 is 0 Å². The van der Waals surface area contributed by atoms with Crippen LogP contribution in [0.3, 0.4) is 0 Å². The number of nitrogens with one attached hydrogen (secondary N) is 1. The summed E-state index contributed by atoms with van der Waals surface area (Å²) in [6.07, 6.45) is 0.665. The normalized spacial score (nSPS) is 26.4. The van der Waals surface area contributed by atoms with Crippen molar-refractivity contribution < 1.29 is 13.9 Å². The molecule has 2 rings (SSSR count). The molecule has 5 heteroatoms. The number of hydrogen-bond acceptors (Lipinski definition) is 3. The molecule has 1 aliphatic heterocycles. The fourth-order valence-electron chi connectivity index (χ4n) is 2.10. The SMILES string of the molecule is CC1(C(=O)NCCc2ccc(F)cc2)COCC1N. The Hall–Kier alpha value is -1.46. The lowest BCUT2D eigenvalue weighted by atomic mass is 9.85. The first-order chi connectivity index (χ1) is 9.02. The molecule has 1 saturated heterocycles. The molecule has 0 spiro atoms. The molecule has 0 bridgehead atoms. The summed E-state index contributed by atoms with van der Waals surface area (Å²) < 4.78 is 18.0. The first-order valence-corrected chi connectivity index (χ1v) is 6.38. The van der Waals surface area contributed by atoms with Gasteiger partial charge in [0.1, 0.15) is 5.82 Å². The van der Waals surface area contributed by atoms with E-state index in [1.165, 1.54) is 12.1 Å². The maximum Gasteiger partial charge on any atom is 0.229 e. The zero-order valence-corrected chi connectivity index (χ0v) is 11.0. The number of hydrogen-bond donors (Lipinski definition) is 2. The first-order valence-electron chi connectivity index (χ1n) is 6.38. The van der Waals surface area contributed by atoms with E-state index in [2.05, 4.69) is 5.32 Å². The van der Waals surface area contributed by atoms with Crippen LogP contribution in [0.25, 0.3) is 0 Å². The van der Waals surface area contributed by atoms with Crippen LogP contribution in [0.2, 0.25) is 0 Å². The van der Waals surface area contributed by atoms with Gasteiger partial charge in [-0.2, -0.15) is 0 Å². The second kappa shape index (κ2) is 5.67. The van der Waals surface area contributed by atoms with Crippen LogP contribution in [0.1, 0.15) is 12.5 Å². The minimum atomic E-state index is -0.650. The highest BCUT2D eigenvalue weighted by atomic mass is 19.1. The lowest BCUT2D eigenvalue weighted by molar-refractivity contribution is -0.130. The zero-order chi connectivity index (χ0) is 13.9. The summed E-state index contributed by atoms with van der Waals surface area (Å²) >= 11 is 0. The van der Waals surface area contributed by atoms with Crippen molar-refractivity contribution in [2.75, 3.05) is 19.8 Å². The molecular formula is C14H19FN2O2. The van der Waals surface area contributed by atoms with Crippen molar-refractivity contribution >= 4 is 5.91 Å². The van der Waals surface area contributed by atoms with Gasteiger partial charge in [-0.05, 0) is 31.0 Å². The second-order valence-electron chi connectivity index (χ2n) is 5.17. The van der Waals surface area contributed by atoms with E-state index in [9.17, 15) is 9.18 Å². The minimum Gasteiger partial charge on any atom is -0.379 e. The molecule has 1 amide bonds. The lowest BCUT2D eigenvalue weighted by Gasteiger charge is -2.25. The summed E-state index contributed by atoms with van der Waals surface area (Å²) in [6, 6.07) is 6.00. The van der Waals surface area contributed by atoms with Crippen LogP contribution < -0.4 is 11.1 Å². The molecule has 104 valence electrons. The average Bonchev–Trinajstić information content (AvgIpc) is 2.73. The molecule has 1 fully saturated rings. The molecule has 1 aliphatic rings. The molecule has 1 aromatic carbocycles. The molecular weight excluding hydrogens is 247 g/mol. The van der Waals surface area contributed by atoms with Crippen LogP contribution in [0.4, 0.5) is 4.39 Å². The molecule has 1 heterocycles. The smallest absolute Gasteiger partial charge is 0.229 e. The van der Waals surface area contributed by atoms with E-state index in [4.69, 9.17) is 10.5 Å². The van der Waals surface area contributed by atoms with Crippen LogP contribution in [0.5, 0.6) is 0 Å². The van der Waals surface area contributed by atoms with Gasteiger partial charge in [0.2, 0.25) is 5.91 Å². The minimum absolute atomic E-state index is 0.0837. The van der Waals surface area contributed by atoms with Gasteiger partial charge in [0.15, 0.2) is 0 Å². The summed E-state index contributed by atoms with van der Waals surface area (Å²) in [7, 11) is 0. The standard InChI is InChI=1S/C14H19FN2O2/c1-14(9-19-8-12(14)16)13(18)17-7-6-10-2-4-11(15)5-3-10/h2-5,12H,6-9,16H2,1H3,(H,17,18). The number of carbonyl (C=O) groups is 1. The highest BCUT2D eigenvalue weighted by Crippen LogP contribution is 2.26. The molecule has 19 heavy (non-hydrogen) atoms. The third kappa shape index (κ3) is 3.11. The van der Waals surface area contributed by atoms with E-state index in [0.29, 0.717) is 26.2 Å². The van der Waals surface area contributed by atoms with Crippen molar-refractivity contribution in [3.05, 3.63) is 35.6 Å². The van der Waals surface area contributed by atoms with Crippen molar-refractivity contribution in [2.45, 2.75) is 19.4 Å². The van der Waals surface area contributed by atoms with E-state index in [-0.39, 0.29) is 17.8 Å². The fraction of sp³-hybridized carbons (Fsp3) is 0.500. The van der Waals surface area contributed by atoms with Gasteiger partial charge >= 0.3 is 0 Å². The molecule has 0 aliphatic carbocycles. The Labute approximate surface area is 112 Å². The van der Waals surface area contributed by atoms with Crippen molar-refractivity contribution in [1.82, 2.24) is 5.32 Å². The van der Waals surface area contributed by atoms with Crippen LogP contribution in [-0.4, -0.2) is 31.7 Å². The van der Waals surface area contributed by atoms with Crippen molar-refractivity contribution in [3.8, 4) is 0 Å². The van der Waals surface area contributed by atoms with Crippen molar-refractivity contribution in [3.63, 3.8) is 0 Å². The second-order valence-corrected chi connectivity index (χ2v) is 5.17. The average molecular weight is 266 g/mol. The molecule has 1 aromatic rings. The third-order valence-electron chi connectivity index (χ3n) is 3.65.